The second-order valence-electron chi connectivity index (χ2n) is 4.54. The molecule has 3 nitrogen and oxygen atoms in total. The van der Waals surface area contributed by atoms with Crippen molar-refractivity contribution in [2.45, 2.75) is 0 Å². The standard InChI is InChI=1S/C16H9BrFN3S/c17-15-6-5-14(22-15)11-7-13(21-16(20)12(11)8-19)9-1-3-10(18)4-2-9/h1-7H,(H2,20,21). The van der Waals surface area contributed by atoms with Crippen LogP contribution in [0, 0.1) is 17.1 Å². The molecule has 3 aromatic rings. The molecule has 0 amide bonds. The molecular formula is C16H9BrFN3S. The Balaban J connectivity index is 2.20. The van der Waals surface area contributed by atoms with E-state index in [4.69, 9.17) is 5.73 Å². The van der Waals surface area contributed by atoms with E-state index in [1.165, 1.54) is 23.5 Å². The molecule has 0 bridgehead atoms. The number of pyridine rings is 1. The number of hydrogen-bond acceptors (Lipinski definition) is 4. The summed E-state index contributed by atoms with van der Waals surface area (Å²) in [6.07, 6.45) is 0. The van der Waals surface area contributed by atoms with Gasteiger partial charge in [0, 0.05) is 16.0 Å². The number of halogens is 2. The van der Waals surface area contributed by atoms with Gasteiger partial charge in [-0.1, -0.05) is 0 Å². The third-order valence-corrected chi connectivity index (χ3v) is 4.79. The van der Waals surface area contributed by atoms with E-state index in [9.17, 15) is 9.65 Å². The zero-order valence-electron chi connectivity index (χ0n) is 11.2. The van der Waals surface area contributed by atoms with E-state index in [2.05, 4.69) is 27.0 Å². The van der Waals surface area contributed by atoms with Crippen molar-refractivity contribution in [2.24, 2.45) is 0 Å². The Morgan fingerprint density at radius 1 is 1.18 bits per heavy atom. The number of nitrogen functional groups attached to an aromatic ring is 1. The fourth-order valence-electron chi connectivity index (χ4n) is 2.10. The first-order valence-electron chi connectivity index (χ1n) is 6.31. The molecule has 0 atom stereocenters. The van der Waals surface area contributed by atoms with Crippen LogP contribution in [0.2, 0.25) is 0 Å². The summed E-state index contributed by atoms with van der Waals surface area (Å²) in [7, 11) is 0. The van der Waals surface area contributed by atoms with Gasteiger partial charge in [0.1, 0.15) is 23.3 Å². The van der Waals surface area contributed by atoms with E-state index in [0.717, 1.165) is 19.8 Å². The Morgan fingerprint density at radius 3 is 2.50 bits per heavy atom. The SMILES string of the molecule is N#Cc1c(-c2ccc(Br)s2)cc(-c2ccc(F)cc2)nc1N. The zero-order valence-corrected chi connectivity index (χ0v) is 13.6. The van der Waals surface area contributed by atoms with Crippen molar-refractivity contribution >= 4 is 33.1 Å². The number of hydrogen-bond donors (Lipinski definition) is 1. The average Bonchev–Trinajstić information content (AvgIpc) is 2.93. The predicted molar refractivity (Wildman–Crippen MR) is 89.8 cm³/mol. The van der Waals surface area contributed by atoms with Crippen LogP contribution in [-0.2, 0) is 0 Å². The van der Waals surface area contributed by atoms with E-state index >= 15 is 0 Å². The molecule has 0 radical (unpaired) electrons. The molecule has 2 heterocycles. The molecule has 108 valence electrons. The number of nitrogens with two attached hydrogens (primary N) is 1. The second-order valence-corrected chi connectivity index (χ2v) is 7.00. The molecule has 0 aliphatic carbocycles. The number of anilines is 1. The van der Waals surface area contributed by atoms with Crippen LogP contribution in [0.25, 0.3) is 21.7 Å². The zero-order chi connectivity index (χ0) is 15.7. The Labute approximate surface area is 139 Å². The van der Waals surface area contributed by atoms with Gasteiger partial charge in [-0.2, -0.15) is 5.26 Å². The van der Waals surface area contributed by atoms with Crippen molar-refractivity contribution in [3.05, 3.63) is 57.6 Å². The van der Waals surface area contributed by atoms with Crippen LogP contribution in [0.5, 0.6) is 0 Å². The van der Waals surface area contributed by atoms with Crippen molar-refractivity contribution in [2.75, 3.05) is 5.73 Å². The molecule has 1 aromatic carbocycles. The van der Waals surface area contributed by atoms with Crippen LogP contribution >= 0.6 is 27.3 Å². The van der Waals surface area contributed by atoms with Gasteiger partial charge in [-0.05, 0) is 58.4 Å². The van der Waals surface area contributed by atoms with Crippen molar-refractivity contribution in [3.63, 3.8) is 0 Å². The van der Waals surface area contributed by atoms with Crippen molar-refractivity contribution in [1.29, 1.82) is 5.26 Å². The van der Waals surface area contributed by atoms with E-state index in [1.807, 2.05) is 12.1 Å². The molecule has 2 N–H and O–H groups in total. The third kappa shape index (κ3) is 2.73. The van der Waals surface area contributed by atoms with E-state index in [0.29, 0.717) is 11.3 Å². The minimum atomic E-state index is -0.312. The Bertz CT molecular complexity index is 881. The molecule has 0 aliphatic rings. The van der Waals surface area contributed by atoms with Gasteiger partial charge in [-0.25, -0.2) is 9.37 Å². The van der Waals surface area contributed by atoms with Gasteiger partial charge >= 0.3 is 0 Å². The van der Waals surface area contributed by atoms with Gasteiger partial charge in [0.15, 0.2) is 0 Å². The number of rotatable bonds is 2. The summed E-state index contributed by atoms with van der Waals surface area (Å²) in [5, 5.41) is 9.34. The van der Waals surface area contributed by atoms with Crippen LogP contribution in [0.1, 0.15) is 5.56 Å². The lowest BCUT2D eigenvalue weighted by atomic mass is 10.0. The first-order chi connectivity index (χ1) is 10.6. The van der Waals surface area contributed by atoms with Crippen molar-refractivity contribution < 1.29 is 4.39 Å². The predicted octanol–water partition coefficient (Wildman–Crippen LogP) is 4.83. The molecule has 6 heteroatoms. The van der Waals surface area contributed by atoms with Gasteiger partial charge in [0.25, 0.3) is 0 Å². The number of benzene rings is 1. The molecule has 0 saturated carbocycles. The Morgan fingerprint density at radius 2 is 1.91 bits per heavy atom. The number of aromatic nitrogens is 1. The maximum absolute atomic E-state index is 13.1. The smallest absolute Gasteiger partial charge is 0.142 e. The Hall–Kier alpha value is -2.23. The monoisotopic (exact) mass is 373 g/mol. The lowest BCUT2D eigenvalue weighted by molar-refractivity contribution is 0.628. The van der Waals surface area contributed by atoms with Crippen LogP contribution < -0.4 is 5.73 Å². The minimum absolute atomic E-state index is 0.170. The van der Waals surface area contributed by atoms with Crippen molar-refractivity contribution in [3.8, 4) is 27.8 Å². The molecule has 2 aromatic heterocycles. The average molecular weight is 374 g/mol. The van der Waals surface area contributed by atoms with E-state index < -0.39 is 0 Å². The van der Waals surface area contributed by atoms with Gasteiger partial charge < -0.3 is 5.73 Å². The van der Waals surface area contributed by atoms with E-state index in [-0.39, 0.29) is 11.6 Å². The highest BCUT2D eigenvalue weighted by molar-refractivity contribution is 9.11. The lowest BCUT2D eigenvalue weighted by Gasteiger charge is -2.08. The highest BCUT2D eigenvalue weighted by Crippen LogP contribution is 2.36. The summed E-state index contributed by atoms with van der Waals surface area (Å²) in [5.74, 6) is -0.142. The maximum Gasteiger partial charge on any atom is 0.142 e. The van der Waals surface area contributed by atoms with Gasteiger partial charge in [0.05, 0.1) is 9.48 Å². The third-order valence-electron chi connectivity index (χ3n) is 3.14. The molecule has 0 fully saturated rings. The summed E-state index contributed by atoms with van der Waals surface area (Å²) in [6, 6.07) is 13.7. The number of nitriles is 1. The second kappa shape index (κ2) is 5.87. The lowest BCUT2D eigenvalue weighted by Crippen LogP contribution is -1.99. The summed E-state index contributed by atoms with van der Waals surface area (Å²) in [4.78, 5) is 5.18. The van der Waals surface area contributed by atoms with E-state index in [1.54, 1.807) is 18.2 Å². The van der Waals surface area contributed by atoms with Crippen LogP contribution in [0.15, 0.2) is 46.3 Å². The topological polar surface area (TPSA) is 62.7 Å². The van der Waals surface area contributed by atoms with Gasteiger partial charge in [0.2, 0.25) is 0 Å². The highest BCUT2D eigenvalue weighted by atomic mass is 79.9. The molecule has 0 spiro atoms. The highest BCUT2D eigenvalue weighted by Gasteiger charge is 2.14. The van der Waals surface area contributed by atoms with Gasteiger partial charge in [-0.15, -0.1) is 11.3 Å². The summed E-state index contributed by atoms with van der Waals surface area (Å²) in [6.45, 7) is 0. The number of thiophene rings is 1. The molecule has 3 rings (SSSR count). The summed E-state index contributed by atoms with van der Waals surface area (Å²) < 4.78 is 14.0. The normalized spacial score (nSPS) is 10.4. The van der Waals surface area contributed by atoms with Crippen LogP contribution in [-0.4, -0.2) is 4.98 Å². The molecule has 0 saturated heterocycles. The summed E-state index contributed by atoms with van der Waals surface area (Å²) in [5.41, 5.74) is 8.36. The van der Waals surface area contributed by atoms with Crippen molar-refractivity contribution in [1.82, 2.24) is 4.98 Å². The maximum atomic E-state index is 13.1. The molecular weight excluding hydrogens is 365 g/mol. The summed E-state index contributed by atoms with van der Waals surface area (Å²) >= 11 is 4.92. The molecule has 0 unspecified atom stereocenters. The minimum Gasteiger partial charge on any atom is -0.383 e. The fraction of sp³-hybridized carbons (Fsp3) is 0. The molecule has 22 heavy (non-hydrogen) atoms. The fourth-order valence-corrected chi connectivity index (χ4v) is 3.51. The van der Waals surface area contributed by atoms with Crippen LogP contribution in [0.3, 0.4) is 0 Å². The molecule has 0 aliphatic heterocycles. The van der Waals surface area contributed by atoms with Gasteiger partial charge in [-0.3, -0.25) is 0 Å². The first-order valence-corrected chi connectivity index (χ1v) is 7.91. The first kappa shape index (κ1) is 14.7. The number of nitrogens with zero attached hydrogens (tertiary/aromatic N) is 2. The largest absolute Gasteiger partial charge is 0.383 e. The quantitative estimate of drug-likeness (QED) is 0.699. The van der Waals surface area contributed by atoms with Crippen LogP contribution in [0.4, 0.5) is 10.2 Å². The Kier molecular flexibility index (Phi) is 3.92.